The van der Waals surface area contributed by atoms with Crippen LogP contribution in [0.1, 0.15) is 52.9 Å². The van der Waals surface area contributed by atoms with Gasteiger partial charge in [-0.3, -0.25) is 4.79 Å². The van der Waals surface area contributed by atoms with Crippen molar-refractivity contribution in [1.29, 1.82) is 0 Å². The fraction of sp³-hybridized carbons (Fsp3) is 0.950. The van der Waals surface area contributed by atoms with Gasteiger partial charge in [-0.05, 0) is 63.1 Å². The Morgan fingerprint density at radius 1 is 1.17 bits per heavy atom. The third kappa shape index (κ3) is 4.51. The maximum absolute atomic E-state index is 12.7. The minimum Gasteiger partial charge on any atom is -0.338 e. The van der Waals surface area contributed by atoms with E-state index in [4.69, 9.17) is 0 Å². The van der Waals surface area contributed by atoms with Crippen LogP contribution in [0.2, 0.25) is 0 Å². The molecule has 1 atom stereocenters. The Kier molecular flexibility index (Phi) is 5.55. The first-order chi connectivity index (χ1) is 11.4. The Bertz CT molecular complexity index is 438. The van der Waals surface area contributed by atoms with Crippen molar-refractivity contribution in [3.8, 4) is 0 Å². The van der Waals surface area contributed by atoms with Crippen molar-refractivity contribution in [3.05, 3.63) is 0 Å². The Labute approximate surface area is 148 Å². The van der Waals surface area contributed by atoms with Gasteiger partial charge in [0.2, 0.25) is 5.91 Å². The van der Waals surface area contributed by atoms with Crippen molar-refractivity contribution in [3.63, 3.8) is 0 Å². The predicted molar refractivity (Wildman–Crippen MR) is 99.0 cm³/mol. The van der Waals surface area contributed by atoms with E-state index in [-0.39, 0.29) is 0 Å². The van der Waals surface area contributed by atoms with E-state index in [1.165, 1.54) is 38.8 Å². The minimum atomic E-state index is 0.399. The van der Waals surface area contributed by atoms with E-state index in [1.807, 2.05) is 0 Å². The number of amides is 1. The number of nitrogens with zero attached hydrogens (tertiary/aromatic N) is 3. The molecule has 0 bridgehead atoms. The average Bonchev–Trinajstić information content (AvgIpc) is 3.35. The number of rotatable bonds is 5. The van der Waals surface area contributed by atoms with Crippen molar-refractivity contribution in [2.45, 2.75) is 58.9 Å². The lowest BCUT2D eigenvalue weighted by atomic mass is 9.80. The summed E-state index contributed by atoms with van der Waals surface area (Å²) in [5, 5.41) is 0. The number of piperidine rings is 1. The predicted octanol–water partition coefficient (Wildman–Crippen LogP) is 2.69. The molecule has 2 saturated heterocycles. The lowest BCUT2D eigenvalue weighted by Crippen LogP contribution is -2.49. The van der Waals surface area contributed by atoms with Gasteiger partial charge in [0.15, 0.2) is 0 Å². The smallest absolute Gasteiger partial charge is 0.224 e. The van der Waals surface area contributed by atoms with Crippen molar-refractivity contribution in [2.75, 3.05) is 46.3 Å². The van der Waals surface area contributed by atoms with Gasteiger partial charge in [-0.2, -0.15) is 0 Å². The third-order valence-electron chi connectivity index (χ3n) is 6.53. The van der Waals surface area contributed by atoms with E-state index < -0.39 is 0 Å². The minimum absolute atomic E-state index is 0.399. The van der Waals surface area contributed by atoms with Gasteiger partial charge in [0, 0.05) is 38.6 Å². The molecule has 0 N–H and O–H groups in total. The summed E-state index contributed by atoms with van der Waals surface area (Å²) in [6, 6.07) is 0.399. The topological polar surface area (TPSA) is 26.8 Å². The van der Waals surface area contributed by atoms with Crippen molar-refractivity contribution in [2.24, 2.45) is 17.3 Å². The van der Waals surface area contributed by atoms with Crippen LogP contribution in [0.4, 0.5) is 0 Å². The number of carbonyl (C=O) groups excluding carboxylic acids is 1. The van der Waals surface area contributed by atoms with E-state index in [2.05, 4.69) is 42.5 Å². The summed E-state index contributed by atoms with van der Waals surface area (Å²) in [5.41, 5.74) is 0.419. The van der Waals surface area contributed by atoms with Gasteiger partial charge in [0.25, 0.3) is 0 Å². The summed E-state index contributed by atoms with van der Waals surface area (Å²) in [6.45, 7) is 13.7. The second-order valence-electron chi connectivity index (χ2n) is 9.40. The van der Waals surface area contributed by atoms with Gasteiger partial charge in [-0.1, -0.05) is 20.8 Å². The lowest BCUT2D eigenvalue weighted by Gasteiger charge is -2.42. The summed E-state index contributed by atoms with van der Waals surface area (Å²) in [6.07, 6.45) is 5.93. The molecule has 4 heteroatoms. The zero-order valence-corrected chi connectivity index (χ0v) is 16.3. The van der Waals surface area contributed by atoms with E-state index in [0.29, 0.717) is 29.7 Å². The van der Waals surface area contributed by atoms with Crippen molar-refractivity contribution in [1.82, 2.24) is 14.7 Å². The van der Waals surface area contributed by atoms with Crippen LogP contribution < -0.4 is 0 Å². The molecular weight excluding hydrogens is 298 g/mol. The first-order valence-electron chi connectivity index (χ1n) is 10.1. The number of hydrogen-bond donors (Lipinski definition) is 0. The molecule has 0 radical (unpaired) electrons. The van der Waals surface area contributed by atoms with E-state index in [9.17, 15) is 4.79 Å². The molecule has 0 aromatic carbocycles. The summed E-state index contributed by atoms with van der Waals surface area (Å²) in [7, 11) is 2.23. The summed E-state index contributed by atoms with van der Waals surface area (Å²) in [5.74, 6) is 1.73. The van der Waals surface area contributed by atoms with Crippen LogP contribution in [0, 0.1) is 17.3 Å². The molecule has 2 aliphatic heterocycles. The highest BCUT2D eigenvalue weighted by Gasteiger charge is 2.38. The van der Waals surface area contributed by atoms with Crippen LogP contribution in [-0.4, -0.2) is 73.0 Å². The molecule has 1 amide bonds. The average molecular weight is 336 g/mol. The van der Waals surface area contributed by atoms with Crippen molar-refractivity contribution >= 4 is 5.91 Å². The summed E-state index contributed by atoms with van der Waals surface area (Å²) in [4.78, 5) is 20.1. The van der Waals surface area contributed by atoms with Crippen LogP contribution >= 0.6 is 0 Å². The molecule has 3 aliphatic rings. The normalized spacial score (nSPS) is 30.0. The molecule has 0 aromatic heterocycles. The molecule has 1 unspecified atom stereocenters. The molecule has 1 aliphatic carbocycles. The lowest BCUT2D eigenvalue weighted by molar-refractivity contribution is -0.133. The zero-order valence-electron chi connectivity index (χ0n) is 16.3. The molecule has 3 rings (SSSR count). The van der Waals surface area contributed by atoms with Crippen LogP contribution in [0.15, 0.2) is 0 Å². The monoisotopic (exact) mass is 335 g/mol. The molecule has 4 nitrogen and oxygen atoms in total. The van der Waals surface area contributed by atoms with Gasteiger partial charge in [0.05, 0.1) is 0 Å². The van der Waals surface area contributed by atoms with Crippen LogP contribution in [0.3, 0.4) is 0 Å². The van der Waals surface area contributed by atoms with Gasteiger partial charge in [0.1, 0.15) is 0 Å². The van der Waals surface area contributed by atoms with E-state index in [0.717, 1.165) is 32.1 Å². The fourth-order valence-electron chi connectivity index (χ4n) is 4.42. The van der Waals surface area contributed by atoms with E-state index in [1.54, 1.807) is 0 Å². The van der Waals surface area contributed by atoms with Crippen LogP contribution in [0.25, 0.3) is 0 Å². The second-order valence-corrected chi connectivity index (χ2v) is 9.40. The van der Waals surface area contributed by atoms with Gasteiger partial charge in [-0.25, -0.2) is 0 Å². The summed E-state index contributed by atoms with van der Waals surface area (Å²) < 4.78 is 0. The first kappa shape index (κ1) is 18.2. The fourth-order valence-corrected chi connectivity index (χ4v) is 4.42. The van der Waals surface area contributed by atoms with Gasteiger partial charge < -0.3 is 14.7 Å². The number of carbonyl (C=O) groups is 1. The Morgan fingerprint density at radius 2 is 1.83 bits per heavy atom. The maximum atomic E-state index is 12.7. The molecule has 2 heterocycles. The first-order valence-corrected chi connectivity index (χ1v) is 10.1. The molecule has 24 heavy (non-hydrogen) atoms. The SMILES string of the molecule is CC(C)C1CN(CC2(C)CCN(C)CC2)CCC(=O)N1CC1CC1. The second kappa shape index (κ2) is 7.33. The standard InChI is InChI=1S/C20H37N3O/c1-16(2)18-14-22(15-20(3)8-11-21(4)12-9-20)10-7-19(24)23(18)13-17-5-6-17/h16-18H,5-15H2,1-4H3. The molecular formula is C20H37N3O. The number of hydrogen-bond acceptors (Lipinski definition) is 3. The highest BCUT2D eigenvalue weighted by atomic mass is 16.2. The highest BCUT2D eigenvalue weighted by Crippen LogP contribution is 2.34. The third-order valence-corrected chi connectivity index (χ3v) is 6.53. The molecule has 0 aromatic rings. The van der Waals surface area contributed by atoms with Crippen LogP contribution in [0.5, 0.6) is 0 Å². The maximum Gasteiger partial charge on any atom is 0.224 e. The Hall–Kier alpha value is -0.610. The molecule has 1 saturated carbocycles. The van der Waals surface area contributed by atoms with Crippen molar-refractivity contribution < 1.29 is 4.79 Å². The Balaban J connectivity index is 1.65. The quantitative estimate of drug-likeness (QED) is 0.773. The van der Waals surface area contributed by atoms with E-state index >= 15 is 0 Å². The molecule has 0 spiro atoms. The molecule has 138 valence electrons. The molecule has 3 fully saturated rings. The summed E-state index contributed by atoms with van der Waals surface area (Å²) >= 11 is 0. The van der Waals surface area contributed by atoms with Gasteiger partial charge in [-0.15, -0.1) is 0 Å². The zero-order chi connectivity index (χ0) is 17.3. The van der Waals surface area contributed by atoms with Gasteiger partial charge >= 0.3 is 0 Å². The largest absolute Gasteiger partial charge is 0.338 e. The number of likely N-dealkylation sites (tertiary alicyclic amines) is 1. The Morgan fingerprint density at radius 3 is 2.42 bits per heavy atom. The highest BCUT2D eigenvalue weighted by molar-refractivity contribution is 5.77. The van der Waals surface area contributed by atoms with Crippen LogP contribution in [-0.2, 0) is 4.79 Å².